The molecule has 0 saturated heterocycles. The first-order valence-electron chi connectivity index (χ1n) is 6.77. The molecule has 1 aromatic carbocycles. The predicted molar refractivity (Wildman–Crippen MR) is 84.5 cm³/mol. The highest BCUT2D eigenvalue weighted by Gasteiger charge is 2.24. The van der Waals surface area contributed by atoms with Crippen LogP contribution in [0.4, 0.5) is 5.00 Å². The fourth-order valence-electron chi connectivity index (χ4n) is 2.47. The molecule has 0 fully saturated rings. The topological polar surface area (TPSA) is 77.5 Å². The lowest BCUT2D eigenvalue weighted by Gasteiger charge is -2.11. The Kier molecular flexibility index (Phi) is 3.96. The van der Waals surface area contributed by atoms with Gasteiger partial charge in [-0.3, -0.25) is 4.72 Å². The van der Waals surface area contributed by atoms with E-state index in [4.69, 9.17) is 9.47 Å². The van der Waals surface area contributed by atoms with Crippen LogP contribution in [0.3, 0.4) is 0 Å². The minimum Gasteiger partial charge on any atom is -0.493 e. The van der Waals surface area contributed by atoms with Crippen molar-refractivity contribution in [2.24, 2.45) is 0 Å². The third-order valence-electron chi connectivity index (χ3n) is 3.60. The lowest BCUT2D eigenvalue weighted by Crippen LogP contribution is -2.13. The van der Waals surface area contributed by atoms with Gasteiger partial charge in [0.05, 0.1) is 24.8 Å². The van der Waals surface area contributed by atoms with Crippen molar-refractivity contribution in [1.82, 2.24) is 4.37 Å². The van der Waals surface area contributed by atoms with Gasteiger partial charge in [-0.2, -0.15) is 4.37 Å². The van der Waals surface area contributed by atoms with Crippen LogP contribution in [0, 0.1) is 0 Å². The number of aryl methyl sites for hydroxylation is 1. The largest absolute Gasteiger partial charge is 0.493 e. The van der Waals surface area contributed by atoms with E-state index in [0.29, 0.717) is 16.5 Å². The zero-order valence-electron chi connectivity index (χ0n) is 12.3. The maximum atomic E-state index is 12.5. The minimum atomic E-state index is -3.68. The van der Waals surface area contributed by atoms with E-state index in [1.54, 1.807) is 6.07 Å². The summed E-state index contributed by atoms with van der Waals surface area (Å²) in [6, 6.07) is 4.51. The third-order valence-corrected chi connectivity index (χ3v) is 5.92. The summed E-state index contributed by atoms with van der Waals surface area (Å²) in [6.45, 7) is 0. The van der Waals surface area contributed by atoms with Gasteiger partial charge < -0.3 is 9.47 Å². The van der Waals surface area contributed by atoms with Gasteiger partial charge in [-0.1, -0.05) is 0 Å². The molecule has 0 unspecified atom stereocenters. The van der Waals surface area contributed by atoms with Crippen molar-refractivity contribution >= 4 is 26.6 Å². The van der Waals surface area contributed by atoms with Crippen LogP contribution in [0.1, 0.15) is 17.7 Å². The van der Waals surface area contributed by atoms with Crippen molar-refractivity contribution in [1.29, 1.82) is 0 Å². The highest BCUT2D eigenvalue weighted by atomic mass is 32.2. The molecule has 0 aliphatic heterocycles. The quantitative estimate of drug-likeness (QED) is 0.904. The molecule has 22 heavy (non-hydrogen) atoms. The highest BCUT2D eigenvalue weighted by Crippen LogP contribution is 2.35. The van der Waals surface area contributed by atoms with E-state index in [1.807, 2.05) is 0 Å². The number of nitrogens with zero attached hydrogens (tertiary/aromatic N) is 1. The summed E-state index contributed by atoms with van der Waals surface area (Å²) in [5, 5.41) is 0.613. The SMILES string of the molecule is COc1ccc(S(=O)(=O)Nc2snc3c2CCC3)cc1OC. The van der Waals surface area contributed by atoms with E-state index in [9.17, 15) is 8.42 Å². The van der Waals surface area contributed by atoms with E-state index in [2.05, 4.69) is 9.10 Å². The Morgan fingerprint density at radius 3 is 2.68 bits per heavy atom. The van der Waals surface area contributed by atoms with Crippen LogP contribution >= 0.6 is 11.5 Å². The number of fused-ring (bicyclic) bond motifs is 1. The van der Waals surface area contributed by atoms with Crippen molar-refractivity contribution in [3.63, 3.8) is 0 Å². The van der Waals surface area contributed by atoms with Crippen molar-refractivity contribution in [3.05, 3.63) is 29.5 Å². The molecule has 1 aromatic heterocycles. The van der Waals surface area contributed by atoms with Crippen molar-refractivity contribution in [2.75, 3.05) is 18.9 Å². The number of anilines is 1. The lowest BCUT2D eigenvalue weighted by molar-refractivity contribution is 0.354. The Hall–Kier alpha value is -1.80. The average molecular weight is 340 g/mol. The lowest BCUT2D eigenvalue weighted by atomic mass is 10.3. The predicted octanol–water partition coefficient (Wildman–Crippen LogP) is 2.45. The van der Waals surface area contributed by atoms with Crippen LogP contribution in [-0.2, 0) is 22.9 Å². The second kappa shape index (κ2) is 5.77. The molecule has 2 aromatic rings. The van der Waals surface area contributed by atoms with Crippen LogP contribution in [0.25, 0.3) is 0 Å². The molecule has 3 rings (SSSR count). The Morgan fingerprint density at radius 1 is 1.18 bits per heavy atom. The summed E-state index contributed by atoms with van der Waals surface area (Å²) in [6.07, 6.45) is 2.82. The Balaban J connectivity index is 1.92. The number of nitrogens with one attached hydrogen (secondary N) is 1. The first-order valence-corrected chi connectivity index (χ1v) is 9.03. The number of hydrogen-bond acceptors (Lipinski definition) is 6. The molecule has 0 spiro atoms. The van der Waals surface area contributed by atoms with Gasteiger partial charge in [0.15, 0.2) is 11.5 Å². The molecule has 1 N–H and O–H groups in total. The maximum Gasteiger partial charge on any atom is 0.262 e. The first kappa shape index (κ1) is 15.1. The second-order valence-electron chi connectivity index (χ2n) is 4.91. The molecule has 0 amide bonds. The first-order chi connectivity index (χ1) is 10.5. The highest BCUT2D eigenvalue weighted by molar-refractivity contribution is 7.93. The summed E-state index contributed by atoms with van der Waals surface area (Å²) >= 11 is 1.19. The van der Waals surface area contributed by atoms with Gasteiger partial charge in [0.25, 0.3) is 10.0 Å². The van der Waals surface area contributed by atoms with Crippen LogP contribution < -0.4 is 14.2 Å². The fourth-order valence-corrected chi connectivity index (χ4v) is 4.68. The fraction of sp³-hybridized carbons (Fsp3) is 0.357. The summed E-state index contributed by atoms with van der Waals surface area (Å²) in [7, 11) is -0.703. The number of aromatic nitrogens is 1. The van der Waals surface area contributed by atoms with Gasteiger partial charge in [-0.05, 0) is 42.9 Å². The molecule has 0 saturated carbocycles. The molecule has 118 valence electrons. The molecule has 8 heteroatoms. The molecular formula is C14H16N2O4S2. The third kappa shape index (κ3) is 2.64. The summed E-state index contributed by atoms with van der Waals surface area (Å²) in [4.78, 5) is 0.130. The van der Waals surface area contributed by atoms with Crippen molar-refractivity contribution < 1.29 is 17.9 Å². The molecular weight excluding hydrogens is 324 g/mol. The van der Waals surface area contributed by atoms with Crippen molar-refractivity contribution in [2.45, 2.75) is 24.2 Å². The normalized spacial score (nSPS) is 13.7. The van der Waals surface area contributed by atoms with E-state index in [0.717, 1.165) is 30.5 Å². The average Bonchev–Trinajstić information content (AvgIpc) is 3.11. The Morgan fingerprint density at radius 2 is 1.95 bits per heavy atom. The maximum absolute atomic E-state index is 12.5. The number of hydrogen-bond donors (Lipinski definition) is 1. The van der Waals surface area contributed by atoms with Gasteiger partial charge in [0.1, 0.15) is 5.00 Å². The van der Waals surface area contributed by atoms with E-state index in [1.165, 1.54) is 37.9 Å². The molecule has 6 nitrogen and oxygen atoms in total. The monoisotopic (exact) mass is 340 g/mol. The molecule has 0 atom stereocenters. The zero-order chi connectivity index (χ0) is 15.7. The van der Waals surface area contributed by atoms with Gasteiger partial charge in [-0.25, -0.2) is 8.42 Å². The molecule has 0 bridgehead atoms. The van der Waals surface area contributed by atoms with E-state index < -0.39 is 10.0 Å². The van der Waals surface area contributed by atoms with Gasteiger partial charge in [0.2, 0.25) is 0 Å². The van der Waals surface area contributed by atoms with Crippen molar-refractivity contribution in [3.8, 4) is 11.5 Å². The van der Waals surface area contributed by atoms with E-state index >= 15 is 0 Å². The zero-order valence-corrected chi connectivity index (χ0v) is 13.9. The second-order valence-corrected chi connectivity index (χ2v) is 7.37. The Bertz CT molecular complexity index is 799. The summed E-state index contributed by atoms with van der Waals surface area (Å²) in [5.74, 6) is 0.861. The molecule has 1 heterocycles. The van der Waals surface area contributed by atoms with Crippen LogP contribution in [0.2, 0.25) is 0 Å². The van der Waals surface area contributed by atoms with Crippen LogP contribution in [0.15, 0.2) is 23.1 Å². The number of ether oxygens (including phenoxy) is 2. The van der Waals surface area contributed by atoms with E-state index in [-0.39, 0.29) is 4.90 Å². The smallest absolute Gasteiger partial charge is 0.262 e. The number of benzene rings is 1. The van der Waals surface area contributed by atoms with Crippen LogP contribution in [0.5, 0.6) is 11.5 Å². The molecule has 1 aliphatic rings. The number of sulfonamides is 1. The summed E-state index contributed by atoms with van der Waals surface area (Å²) in [5.41, 5.74) is 2.03. The molecule has 1 aliphatic carbocycles. The molecule has 0 radical (unpaired) electrons. The van der Waals surface area contributed by atoms with Gasteiger partial charge in [-0.15, -0.1) is 0 Å². The minimum absolute atomic E-state index is 0.130. The number of methoxy groups -OCH3 is 2. The Labute approximate surface area is 133 Å². The number of rotatable bonds is 5. The van der Waals surface area contributed by atoms with Gasteiger partial charge in [0, 0.05) is 11.6 Å². The standard InChI is InChI=1S/C14H16N2O4S2/c1-19-12-7-6-9(8-13(12)20-2)22(17,18)16-14-10-4-3-5-11(10)15-21-14/h6-8,16H,3-5H2,1-2H3. The van der Waals surface area contributed by atoms with Gasteiger partial charge >= 0.3 is 0 Å². The summed E-state index contributed by atoms with van der Waals surface area (Å²) < 4.78 is 42.3. The van der Waals surface area contributed by atoms with Crippen LogP contribution in [-0.4, -0.2) is 27.0 Å².